The number of benzene rings is 1. The Bertz CT molecular complexity index is 622. The van der Waals surface area contributed by atoms with Gasteiger partial charge in [0.15, 0.2) is 5.69 Å². The van der Waals surface area contributed by atoms with Crippen molar-refractivity contribution >= 4 is 5.97 Å². The van der Waals surface area contributed by atoms with Crippen LogP contribution >= 0.6 is 0 Å². The van der Waals surface area contributed by atoms with Crippen molar-refractivity contribution in [1.29, 1.82) is 0 Å². The maximum atomic E-state index is 12.0. The highest BCUT2D eigenvalue weighted by Gasteiger charge is 2.20. The third-order valence-corrected chi connectivity index (χ3v) is 3.10. The van der Waals surface area contributed by atoms with Crippen LogP contribution in [0.4, 0.5) is 0 Å². The number of hydrogen-bond acceptors (Lipinski definition) is 5. The summed E-state index contributed by atoms with van der Waals surface area (Å²) in [4.78, 5) is 12.0. The van der Waals surface area contributed by atoms with E-state index in [1.54, 1.807) is 11.6 Å². The highest BCUT2D eigenvalue weighted by molar-refractivity contribution is 5.88. The van der Waals surface area contributed by atoms with E-state index in [4.69, 9.17) is 10.5 Å². The Labute approximate surface area is 123 Å². The number of esters is 1. The van der Waals surface area contributed by atoms with Gasteiger partial charge in [0.1, 0.15) is 0 Å². The highest BCUT2D eigenvalue weighted by Crippen LogP contribution is 2.15. The summed E-state index contributed by atoms with van der Waals surface area (Å²) >= 11 is 0. The van der Waals surface area contributed by atoms with Crippen LogP contribution in [0.5, 0.6) is 0 Å². The fourth-order valence-electron chi connectivity index (χ4n) is 2.18. The van der Waals surface area contributed by atoms with Gasteiger partial charge >= 0.3 is 5.97 Å². The van der Waals surface area contributed by atoms with Gasteiger partial charge in [-0.25, -0.2) is 9.48 Å². The van der Waals surface area contributed by atoms with Gasteiger partial charge in [0.2, 0.25) is 0 Å². The lowest BCUT2D eigenvalue weighted by molar-refractivity contribution is 0.0518. The third kappa shape index (κ3) is 3.66. The first kappa shape index (κ1) is 15.2. The van der Waals surface area contributed by atoms with Gasteiger partial charge in [-0.1, -0.05) is 35.0 Å². The molecule has 0 aliphatic rings. The molecule has 6 nitrogen and oxygen atoms in total. The molecule has 0 amide bonds. The molecule has 2 aromatic rings. The Kier molecular flexibility index (Phi) is 5.05. The molecule has 2 N–H and O–H groups in total. The zero-order valence-corrected chi connectivity index (χ0v) is 12.4. The molecule has 0 unspecified atom stereocenters. The third-order valence-electron chi connectivity index (χ3n) is 3.10. The Balaban J connectivity index is 2.34. The maximum absolute atomic E-state index is 12.0. The van der Waals surface area contributed by atoms with Gasteiger partial charge in [-0.15, -0.1) is 5.10 Å². The molecule has 1 aromatic carbocycles. The molecule has 6 heteroatoms. The number of ether oxygens (including phenoxy) is 1. The van der Waals surface area contributed by atoms with Crippen LogP contribution in [0.2, 0.25) is 0 Å². The molecule has 21 heavy (non-hydrogen) atoms. The average molecular weight is 288 g/mol. The fraction of sp³-hybridized carbons (Fsp3) is 0.400. The minimum Gasteiger partial charge on any atom is -0.461 e. The first-order valence-electron chi connectivity index (χ1n) is 7.00. The topological polar surface area (TPSA) is 83.0 Å². The quantitative estimate of drug-likeness (QED) is 0.810. The van der Waals surface area contributed by atoms with E-state index in [2.05, 4.69) is 16.4 Å². The van der Waals surface area contributed by atoms with Gasteiger partial charge in [-0.2, -0.15) is 0 Å². The number of aromatic nitrogens is 3. The lowest BCUT2D eigenvalue weighted by Gasteiger charge is -2.08. The van der Waals surface area contributed by atoms with Crippen molar-refractivity contribution in [1.82, 2.24) is 15.0 Å². The molecular weight excluding hydrogens is 268 g/mol. The van der Waals surface area contributed by atoms with E-state index in [9.17, 15) is 4.79 Å². The van der Waals surface area contributed by atoms with Gasteiger partial charge in [-0.3, -0.25) is 0 Å². The van der Waals surface area contributed by atoms with Gasteiger partial charge in [0.25, 0.3) is 0 Å². The standard InChI is InChI=1S/C15H20N4O2/c1-3-21-15(20)14-13(19(8-7-16)18-17-14)10-12-6-4-5-11(2)9-12/h4-6,9H,3,7-8,10,16H2,1-2H3. The van der Waals surface area contributed by atoms with E-state index in [0.717, 1.165) is 11.3 Å². The summed E-state index contributed by atoms with van der Waals surface area (Å²) in [5.41, 5.74) is 8.86. The van der Waals surface area contributed by atoms with E-state index in [-0.39, 0.29) is 5.69 Å². The molecular formula is C15H20N4O2. The van der Waals surface area contributed by atoms with Crippen molar-refractivity contribution in [3.63, 3.8) is 0 Å². The van der Waals surface area contributed by atoms with Crippen LogP contribution in [0.1, 0.15) is 34.2 Å². The van der Waals surface area contributed by atoms with Gasteiger partial charge < -0.3 is 10.5 Å². The number of carbonyl (C=O) groups excluding carboxylic acids is 1. The minimum absolute atomic E-state index is 0.270. The largest absolute Gasteiger partial charge is 0.461 e. The van der Waals surface area contributed by atoms with Crippen LogP contribution in [0.3, 0.4) is 0 Å². The number of hydrogen-bond donors (Lipinski definition) is 1. The summed E-state index contributed by atoms with van der Waals surface area (Å²) in [7, 11) is 0. The molecule has 112 valence electrons. The molecule has 0 saturated carbocycles. The number of aryl methyl sites for hydroxylation is 1. The van der Waals surface area contributed by atoms with Crippen molar-refractivity contribution in [2.45, 2.75) is 26.8 Å². The average Bonchev–Trinajstić information content (AvgIpc) is 2.83. The predicted octanol–water partition coefficient (Wildman–Crippen LogP) is 1.31. The summed E-state index contributed by atoms with van der Waals surface area (Å²) in [6.07, 6.45) is 0.572. The van der Waals surface area contributed by atoms with E-state index >= 15 is 0 Å². The Hall–Kier alpha value is -2.21. The number of nitrogens with zero attached hydrogens (tertiary/aromatic N) is 3. The molecule has 0 saturated heterocycles. The van der Waals surface area contributed by atoms with E-state index in [1.165, 1.54) is 5.56 Å². The monoisotopic (exact) mass is 288 g/mol. The fourth-order valence-corrected chi connectivity index (χ4v) is 2.18. The molecule has 0 atom stereocenters. The zero-order valence-electron chi connectivity index (χ0n) is 12.4. The van der Waals surface area contributed by atoms with E-state index in [0.29, 0.717) is 26.1 Å². The molecule has 1 heterocycles. The molecule has 2 rings (SSSR count). The molecule has 0 spiro atoms. The van der Waals surface area contributed by atoms with Crippen LogP contribution in [-0.4, -0.2) is 34.1 Å². The summed E-state index contributed by atoms with van der Waals surface area (Å²) in [6, 6.07) is 8.12. The van der Waals surface area contributed by atoms with Gasteiger partial charge in [-0.05, 0) is 19.4 Å². The van der Waals surface area contributed by atoms with E-state index < -0.39 is 5.97 Å². The summed E-state index contributed by atoms with van der Waals surface area (Å²) < 4.78 is 6.71. The lowest BCUT2D eigenvalue weighted by Crippen LogP contribution is -2.16. The second-order valence-electron chi connectivity index (χ2n) is 4.78. The molecule has 0 aliphatic heterocycles. The van der Waals surface area contributed by atoms with Crippen molar-refractivity contribution in [3.8, 4) is 0 Å². The normalized spacial score (nSPS) is 10.6. The second kappa shape index (κ2) is 6.99. The van der Waals surface area contributed by atoms with Crippen LogP contribution in [-0.2, 0) is 17.7 Å². The number of nitrogens with two attached hydrogens (primary N) is 1. The lowest BCUT2D eigenvalue weighted by atomic mass is 10.1. The minimum atomic E-state index is -0.441. The van der Waals surface area contributed by atoms with Crippen LogP contribution in [0.15, 0.2) is 24.3 Å². The second-order valence-corrected chi connectivity index (χ2v) is 4.78. The molecule has 0 aliphatic carbocycles. The number of carbonyl (C=O) groups is 1. The molecule has 0 radical (unpaired) electrons. The molecule has 1 aromatic heterocycles. The van der Waals surface area contributed by atoms with Gasteiger partial charge in [0, 0.05) is 13.0 Å². The SMILES string of the molecule is CCOC(=O)c1nnn(CCN)c1Cc1cccc(C)c1. The Morgan fingerprint density at radius 1 is 1.43 bits per heavy atom. The zero-order chi connectivity index (χ0) is 15.2. The Morgan fingerprint density at radius 3 is 2.90 bits per heavy atom. The first-order valence-corrected chi connectivity index (χ1v) is 7.00. The molecule has 0 bridgehead atoms. The van der Waals surface area contributed by atoms with Crippen LogP contribution in [0.25, 0.3) is 0 Å². The van der Waals surface area contributed by atoms with Crippen molar-refractivity contribution < 1.29 is 9.53 Å². The van der Waals surface area contributed by atoms with Crippen LogP contribution < -0.4 is 5.73 Å². The Morgan fingerprint density at radius 2 is 2.24 bits per heavy atom. The molecule has 0 fully saturated rings. The van der Waals surface area contributed by atoms with Crippen molar-refractivity contribution in [3.05, 3.63) is 46.8 Å². The maximum Gasteiger partial charge on any atom is 0.360 e. The van der Waals surface area contributed by atoms with Gasteiger partial charge in [0.05, 0.1) is 18.8 Å². The highest BCUT2D eigenvalue weighted by atomic mass is 16.5. The first-order chi connectivity index (χ1) is 10.2. The number of rotatable bonds is 6. The van der Waals surface area contributed by atoms with Crippen molar-refractivity contribution in [2.24, 2.45) is 5.73 Å². The summed E-state index contributed by atoms with van der Waals surface area (Å²) in [5.74, 6) is -0.441. The van der Waals surface area contributed by atoms with E-state index in [1.807, 2.05) is 25.1 Å². The summed E-state index contributed by atoms with van der Waals surface area (Å²) in [6.45, 7) is 5.07. The predicted molar refractivity (Wildman–Crippen MR) is 79.0 cm³/mol. The smallest absolute Gasteiger partial charge is 0.360 e. The summed E-state index contributed by atoms with van der Waals surface area (Å²) in [5, 5.41) is 7.97. The van der Waals surface area contributed by atoms with Crippen LogP contribution in [0, 0.1) is 6.92 Å². The van der Waals surface area contributed by atoms with Crippen molar-refractivity contribution in [2.75, 3.05) is 13.2 Å².